The summed E-state index contributed by atoms with van der Waals surface area (Å²) in [5.74, 6) is -5.42. The first kappa shape index (κ1) is 17.8. The molecule has 0 radical (unpaired) electrons. The predicted octanol–water partition coefficient (Wildman–Crippen LogP) is 2.41. The molecule has 0 spiro atoms. The van der Waals surface area contributed by atoms with Crippen molar-refractivity contribution in [2.45, 2.75) is 6.42 Å². The van der Waals surface area contributed by atoms with Gasteiger partial charge in [-0.1, -0.05) is 18.2 Å². The molecule has 0 bridgehead atoms. The van der Waals surface area contributed by atoms with E-state index >= 15 is 0 Å². The molecular formula is C18H15F3N2O3. The van der Waals surface area contributed by atoms with Crippen molar-refractivity contribution in [3.05, 3.63) is 59.4 Å². The summed E-state index contributed by atoms with van der Waals surface area (Å²) in [6.45, 7) is -0.252. The number of para-hydroxylation sites is 1. The summed E-state index contributed by atoms with van der Waals surface area (Å²) >= 11 is 0. The summed E-state index contributed by atoms with van der Waals surface area (Å²) in [5, 5.41) is 4.51. The topological polar surface area (TPSA) is 67.4 Å². The minimum Gasteiger partial charge on any atom is -0.492 e. The van der Waals surface area contributed by atoms with Gasteiger partial charge >= 0.3 is 0 Å². The van der Waals surface area contributed by atoms with E-state index in [4.69, 9.17) is 4.74 Å². The largest absolute Gasteiger partial charge is 0.492 e. The molecule has 3 rings (SSSR count). The third-order valence-corrected chi connectivity index (χ3v) is 3.98. The fourth-order valence-corrected chi connectivity index (χ4v) is 2.62. The first-order chi connectivity index (χ1) is 12.5. The van der Waals surface area contributed by atoms with Gasteiger partial charge in [-0.2, -0.15) is 0 Å². The zero-order valence-electron chi connectivity index (χ0n) is 13.5. The molecule has 1 aliphatic heterocycles. The number of carbonyl (C=O) groups excluding carboxylic acids is 2. The van der Waals surface area contributed by atoms with Gasteiger partial charge in [0.05, 0.1) is 18.2 Å². The lowest BCUT2D eigenvalue weighted by atomic mass is 9.96. The second-order valence-corrected chi connectivity index (χ2v) is 5.81. The highest BCUT2D eigenvalue weighted by Crippen LogP contribution is 2.26. The predicted molar refractivity (Wildman–Crippen MR) is 87.1 cm³/mol. The summed E-state index contributed by atoms with van der Waals surface area (Å²) < 4.78 is 45.0. The number of rotatable bonds is 4. The number of hydrogen-bond donors (Lipinski definition) is 2. The molecule has 0 fully saturated rings. The van der Waals surface area contributed by atoms with Crippen molar-refractivity contribution in [3.63, 3.8) is 0 Å². The molecular weight excluding hydrogens is 349 g/mol. The Balaban J connectivity index is 1.54. The van der Waals surface area contributed by atoms with Crippen molar-refractivity contribution < 1.29 is 27.5 Å². The molecule has 0 aliphatic carbocycles. The summed E-state index contributed by atoms with van der Waals surface area (Å²) in [6, 6.07) is 8.94. The van der Waals surface area contributed by atoms with Crippen LogP contribution < -0.4 is 15.4 Å². The first-order valence-corrected chi connectivity index (χ1v) is 7.87. The van der Waals surface area contributed by atoms with Crippen LogP contribution in [0.3, 0.4) is 0 Å². The van der Waals surface area contributed by atoms with Gasteiger partial charge < -0.3 is 15.4 Å². The summed E-state index contributed by atoms with van der Waals surface area (Å²) in [4.78, 5) is 24.0. The number of carbonyl (C=O) groups is 2. The Hall–Kier alpha value is -3.03. The maximum absolute atomic E-state index is 13.5. The molecule has 2 amide bonds. The van der Waals surface area contributed by atoms with E-state index in [9.17, 15) is 22.8 Å². The van der Waals surface area contributed by atoms with Gasteiger partial charge in [0.25, 0.3) is 0 Å². The van der Waals surface area contributed by atoms with Gasteiger partial charge in [-0.3, -0.25) is 9.59 Å². The maximum Gasteiger partial charge on any atom is 0.243 e. The molecule has 2 N–H and O–H groups in total. The Morgan fingerprint density at radius 1 is 1.08 bits per heavy atom. The molecule has 1 atom stereocenters. The van der Waals surface area contributed by atoms with E-state index < -0.39 is 41.5 Å². The number of nitrogens with one attached hydrogen (secondary N) is 2. The molecule has 2 aromatic carbocycles. The second-order valence-electron chi connectivity index (χ2n) is 5.81. The van der Waals surface area contributed by atoms with Gasteiger partial charge in [-0.25, -0.2) is 13.2 Å². The van der Waals surface area contributed by atoms with Gasteiger partial charge in [0.1, 0.15) is 12.4 Å². The Bertz CT molecular complexity index is 858. The Kier molecular flexibility index (Phi) is 5.11. The molecule has 0 saturated carbocycles. The SMILES string of the molecule is O=C(CNC(=O)[C@H]1COc2ccccc2C1)Nc1ccc(F)c(F)c1F. The van der Waals surface area contributed by atoms with Crippen LogP contribution >= 0.6 is 0 Å². The summed E-state index contributed by atoms with van der Waals surface area (Å²) in [6.07, 6.45) is 0.474. The number of fused-ring (bicyclic) bond motifs is 1. The van der Waals surface area contributed by atoms with Gasteiger partial charge in [0, 0.05) is 0 Å². The fourth-order valence-electron chi connectivity index (χ4n) is 2.62. The van der Waals surface area contributed by atoms with Crippen molar-refractivity contribution in [2.75, 3.05) is 18.5 Å². The lowest BCUT2D eigenvalue weighted by Gasteiger charge is -2.24. The highest BCUT2D eigenvalue weighted by molar-refractivity contribution is 5.95. The third kappa shape index (κ3) is 3.79. The molecule has 1 aliphatic rings. The molecule has 0 unspecified atom stereocenters. The molecule has 2 aromatic rings. The highest BCUT2D eigenvalue weighted by Gasteiger charge is 2.26. The van der Waals surface area contributed by atoms with Gasteiger partial charge in [0.2, 0.25) is 11.8 Å². The normalized spacial score (nSPS) is 15.6. The van der Waals surface area contributed by atoms with Gasteiger partial charge in [-0.05, 0) is 30.2 Å². The van der Waals surface area contributed by atoms with E-state index in [0.717, 1.165) is 17.4 Å². The number of ether oxygens (including phenoxy) is 1. The second kappa shape index (κ2) is 7.47. The van der Waals surface area contributed by atoms with Crippen molar-refractivity contribution >= 4 is 17.5 Å². The maximum atomic E-state index is 13.5. The van der Waals surface area contributed by atoms with E-state index in [0.29, 0.717) is 12.5 Å². The van der Waals surface area contributed by atoms with Crippen LogP contribution in [0, 0.1) is 23.4 Å². The average molecular weight is 364 g/mol. The molecule has 0 saturated heterocycles. The van der Waals surface area contributed by atoms with E-state index in [1.165, 1.54) is 0 Å². The molecule has 0 aromatic heterocycles. The van der Waals surface area contributed by atoms with Crippen LogP contribution in [0.4, 0.5) is 18.9 Å². The molecule has 136 valence electrons. The van der Waals surface area contributed by atoms with E-state index in [2.05, 4.69) is 10.6 Å². The van der Waals surface area contributed by atoms with Crippen LogP contribution in [0.25, 0.3) is 0 Å². The Labute approximate surface area is 147 Å². The fraction of sp³-hybridized carbons (Fsp3) is 0.222. The smallest absolute Gasteiger partial charge is 0.243 e. The first-order valence-electron chi connectivity index (χ1n) is 7.87. The van der Waals surface area contributed by atoms with Gasteiger partial charge in [-0.15, -0.1) is 0 Å². The molecule has 5 nitrogen and oxygen atoms in total. The minimum atomic E-state index is -1.68. The monoisotopic (exact) mass is 364 g/mol. The van der Waals surface area contributed by atoms with Crippen molar-refractivity contribution in [3.8, 4) is 5.75 Å². The summed E-state index contributed by atoms with van der Waals surface area (Å²) in [7, 11) is 0. The quantitative estimate of drug-likeness (QED) is 0.819. The van der Waals surface area contributed by atoms with Crippen molar-refractivity contribution in [1.82, 2.24) is 5.32 Å². The number of anilines is 1. The van der Waals surface area contributed by atoms with Crippen LogP contribution in [-0.2, 0) is 16.0 Å². The zero-order valence-corrected chi connectivity index (χ0v) is 13.5. The third-order valence-electron chi connectivity index (χ3n) is 3.98. The number of hydrogen-bond acceptors (Lipinski definition) is 3. The van der Waals surface area contributed by atoms with Gasteiger partial charge in [0.15, 0.2) is 17.5 Å². The Morgan fingerprint density at radius 3 is 2.65 bits per heavy atom. The highest BCUT2D eigenvalue weighted by atomic mass is 19.2. The molecule has 1 heterocycles. The number of halogens is 3. The van der Waals surface area contributed by atoms with E-state index in [-0.39, 0.29) is 12.5 Å². The lowest BCUT2D eigenvalue weighted by molar-refractivity contribution is -0.128. The zero-order chi connectivity index (χ0) is 18.7. The average Bonchev–Trinajstić information content (AvgIpc) is 2.66. The van der Waals surface area contributed by atoms with E-state index in [1.807, 2.05) is 24.3 Å². The van der Waals surface area contributed by atoms with Crippen LogP contribution in [0.2, 0.25) is 0 Å². The van der Waals surface area contributed by atoms with Crippen LogP contribution in [0.15, 0.2) is 36.4 Å². The standard InChI is InChI=1S/C18H15F3N2O3/c19-12-5-6-13(17(21)16(12)20)23-15(24)8-22-18(25)11-7-10-3-1-2-4-14(10)26-9-11/h1-6,11H,7-9H2,(H,22,25)(H,23,24)/t11-/m1/s1. The lowest BCUT2D eigenvalue weighted by Crippen LogP contribution is -2.40. The van der Waals surface area contributed by atoms with Crippen LogP contribution in [0.1, 0.15) is 5.56 Å². The van der Waals surface area contributed by atoms with E-state index in [1.54, 1.807) is 0 Å². The van der Waals surface area contributed by atoms with Crippen molar-refractivity contribution in [1.29, 1.82) is 0 Å². The minimum absolute atomic E-state index is 0.183. The summed E-state index contributed by atoms with van der Waals surface area (Å²) in [5.41, 5.74) is 0.394. The van der Waals surface area contributed by atoms with Crippen LogP contribution in [0.5, 0.6) is 5.75 Å². The molecule has 26 heavy (non-hydrogen) atoms. The molecule has 8 heteroatoms. The Morgan fingerprint density at radius 2 is 1.85 bits per heavy atom. The van der Waals surface area contributed by atoms with Crippen LogP contribution in [-0.4, -0.2) is 25.0 Å². The number of amides is 2. The number of benzene rings is 2. The van der Waals surface area contributed by atoms with Crippen molar-refractivity contribution in [2.24, 2.45) is 5.92 Å².